The number of benzene rings is 2. The van der Waals surface area contributed by atoms with Crippen molar-refractivity contribution in [3.05, 3.63) is 78.3 Å². The van der Waals surface area contributed by atoms with Crippen molar-refractivity contribution >= 4 is 40.3 Å². The first-order valence-corrected chi connectivity index (χ1v) is 21.8. The van der Waals surface area contributed by atoms with E-state index in [1.165, 1.54) is 18.1 Å². The number of hydrogen-bond acceptors (Lipinski definition) is 15. The minimum Gasteiger partial charge on any atom is -0.496 e. The molecule has 0 saturated carbocycles. The molecule has 0 spiro atoms. The number of aliphatic hydroxyl groups is 1. The molecule has 4 unspecified atom stereocenters. The zero-order valence-electron chi connectivity index (χ0n) is 36.0. The van der Waals surface area contributed by atoms with E-state index < -0.39 is 29.9 Å². The highest BCUT2D eigenvalue weighted by molar-refractivity contribution is 6.02. The van der Waals surface area contributed by atoms with Gasteiger partial charge in [-0.2, -0.15) is 5.10 Å². The Balaban J connectivity index is 0.658. The van der Waals surface area contributed by atoms with Gasteiger partial charge in [-0.25, -0.2) is 14.4 Å². The van der Waals surface area contributed by atoms with Gasteiger partial charge in [0.1, 0.15) is 34.3 Å². The molecule has 3 saturated heterocycles. The van der Waals surface area contributed by atoms with Crippen molar-refractivity contribution in [1.29, 1.82) is 0 Å². The molecule has 2 aromatic carbocycles. The summed E-state index contributed by atoms with van der Waals surface area (Å²) in [7, 11) is 1.48. The van der Waals surface area contributed by atoms with Crippen LogP contribution in [0.4, 0.5) is 10.1 Å². The molecule has 1 aliphatic carbocycles. The Morgan fingerprint density at radius 2 is 1.69 bits per heavy atom. The molecule has 19 nitrogen and oxygen atoms in total. The van der Waals surface area contributed by atoms with Crippen molar-refractivity contribution in [3.63, 3.8) is 0 Å². The molecular formula is C45H53FN10O9. The normalized spacial score (nSPS) is 21.2. The maximum Gasteiger partial charge on any atom is 0.249 e. The Morgan fingerprint density at radius 1 is 0.954 bits per heavy atom. The molecule has 2 aromatic heterocycles. The van der Waals surface area contributed by atoms with E-state index in [-0.39, 0.29) is 48.0 Å². The number of carbonyl (C=O) groups excluding carboxylic acids is 4. The molecule has 4 amide bonds. The number of halogens is 1. The highest BCUT2D eigenvalue weighted by atomic mass is 19.1. The van der Waals surface area contributed by atoms with Gasteiger partial charge in [0.25, 0.3) is 0 Å². The standard InChI is InChI=1S/C45H53FN10O9/c1-62-35-7-3-5-31(46)39(35)42-49-26-33-41(51-42)40(53-52-33)28-8-10-29(11-9-28)55-18-16-54(17-19-55)27-37(58)48-15-21-64-23-25-65-24-22-63-20-14-47-32-6-2-4-30-38(32)45(61)56(44(30)60)34-12-13-36(57)50-43(34)59/h2-11,26,32,34,38,44,47,60H,12-25,27H2,1H3,(H,48,58)(H,52,53)(H,50,57,59). The topological polar surface area (TPSA) is 226 Å². The number of methoxy groups -OCH3 is 1. The molecule has 20 heteroatoms. The molecule has 8 rings (SSSR count). The third-order valence-electron chi connectivity index (χ3n) is 11.9. The Kier molecular flexibility index (Phi) is 14.8. The molecule has 4 aromatic rings. The second kappa shape index (κ2) is 21.2. The van der Waals surface area contributed by atoms with Crippen LogP contribution in [0.3, 0.4) is 0 Å². The first-order valence-electron chi connectivity index (χ1n) is 21.8. The monoisotopic (exact) mass is 896 g/mol. The molecule has 65 heavy (non-hydrogen) atoms. The van der Waals surface area contributed by atoms with Crippen molar-refractivity contribution < 1.29 is 47.6 Å². The predicted octanol–water partition coefficient (Wildman–Crippen LogP) is 1.16. The van der Waals surface area contributed by atoms with Gasteiger partial charge < -0.3 is 44.5 Å². The maximum absolute atomic E-state index is 14.8. The smallest absolute Gasteiger partial charge is 0.249 e. The van der Waals surface area contributed by atoms with Crippen LogP contribution < -0.4 is 25.6 Å². The highest BCUT2D eigenvalue weighted by Crippen LogP contribution is 2.37. The van der Waals surface area contributed by atoms with Crippen LogP contribution in [0.25, 0.3) is 33.7 Å². The van der Waals surface area contributed by atoms with E-state index >= 15 is 0 Å². The zero-order chi connectivity index (χ0) is 45.3. The molecule has 344 valence electrons. The summed E-state index contributed by atoms with van der Waals surface area (Å²) >= 11 is 0. The van der Waals surface area contributed by atoms with Gasteiger partial charge in [-0.15, -0.1) is 0 Å². The van der Waals surface area contributed by atoms with Gasteiger partial charge in [-0.05, 0) is 36.3 Å². The number of nitrogens with one attached hydrogen (secondary N) is 4. The lowest BCUT2D eigenvalue weighted by molar-refractivity contribution is -0.150. The lowest BCUT2D eigenvalue weighted by Gasteiger charge is -2.35. The minimum absolute atomic E-state index is 0.0565. The maximum atomic E-state index is 14.8. The number of hydrogen-bond donors (Lipinski definition) is 5. The first kappa shape index (κ1) is 45.4. The summed E-state index contributed by atoms with van der Waals surface area (Å²) in [5.74, 6) is -1.94. The second-order valence-corrected chi connectivity index (χ2v) is 15.9. The molecule has 5 N–H and O–H groups in total. The number of aromatic nitrogens is 4. The molecule has 0 bridgehead atoms. The van der Waals surface area contributed by atoms with Gasteiger partial charge in [-0.3, -0.25) is 34.5 Å². The number of allylic oxidation sites excluding steroid dienone is 2. The number of aliphatic hydroxyl groups excluding tert-OH is 1. The van der Waals surface area contributed by atoms with E-state index in [1.54, 1.807) is 30.5 Å². The second-order valence-electron chi connectivity index (χ2n) is 15.9. The summed E-state index contributed by atoms with van der Waals surface area (Å²) < 4.78 is 37.0. The van der Waals surface area contributed by atoms with Crippen molar-refractivity contribution in [2.75, 3.05) is 97.5 Å². The van der Waals surface area contributed by atoms with Gasteiger partial charge >= 0.3 is 0 Å². The lowest BCUT2D eigenvalue weighted by atomic mass is 9.88. The molecule has 3 aliphatic heterocycles. The van der Waals surface area contributed by atoms with E-state index in [0.29, 0.717) is 87.3 Å². The highest BCUT2D eigenvalue weighted by Gasteiger charge is 2.51. The van der Waals surface area contributed by atoms with E-state index in [2.05, 4.69) is 45.9 Å². The fourth-order valence-corrected chi connectivity index (χ4v) is 8.53. The van der Waals surface area contributed by atoms with Crippen molar-refractivity contribution in [2.24, 2.45) is 5.92 Å². The third-order valence-corrected chi connectivity index (χ3v) is 11.9. The molecule has 5 heterocycles. The molecule has 4 aliphatic rings. The predicted molar refractivity (Wildman–Crippen MR) is 235 cm³/mol. The van der Waals surface area contributed by atoms with Gasteiger partial charge in [-0.1, -0.05) is 36.4 Å². The van der Waals surface area contributed by atoms with Gasteiger partial charge in [0.05, 0.1) is 71.0 Å². The summed E-state index contributed by atoms with van der Waals surface area (Å²) in [4.78, 5) is 64.6. The molecular weight excluding hydrogens is 844 g/mol. The average molecular weight is 897 g/mol. The number of ether oxygens (including phenoxy) is 4. The van der Waals surface area contributed by atoms with Crippen LogP contribution in [-0.4, -0.2) is 170 Å². The van der Waals surface area contributed by atoms with E-state index in [0.717, 1.165) is 37.4 Å². The number of imide groups is 1. The number of piperidine rings is 1. The van der Waals surface area contributed by atoms with Crippen molar-refractivity contribution in [1.82, 2.24) is 45.9 Å². The Hall–Kier alpha value is -6.16. The van der Waals surface area contributed by atoms with Crippen LogP contribution in [0.1, 0.15) is 12.8 Å². The SMILES string of the molecule is COc1cccc(F)c1-c1ncc2[nH]nc(-c3ccc(N4CCN(CC(=O)NCCOCCOCCOCCNC5C=CC=C6C5C(=O)N(C5CCC(=O)NC5=O)C6O)CC4)cc3)c2n1. The number of amides is 4. The van der Waals surface area contributed by atoms with Crippen LogP contribution in [-0.2, 0) is 33.4 Å². The summed E-state index contributed by atoms with van der Waals surface area (Å²) in [5, 5.41) is 26.8. The third kappa shape index (κ3) is 10.5. The number of likely N-dealkylation sites (tertiary alicyclic amines) is 1. The first-order chi connectivity index (χ1) is 31.7. The Labute approximate surface area is 374 Å². The fraction of sp³-hybridized carbons (Fsp3) is 0.444. The number of nitrogens with zero attached hydrogens (tertiary/aromatic N) is 6. The van der Waals surface area contributed by atoms with Crippen molar-refractivity contribution in [3.8, 4) is 28.4 Å². The van der Waals surface area contributed by atoms with Crippen LogP contribution in [0.2, 0.25) is 0 Å². The van der Waals surface area contributed by atoms with E-state index in [4.69, 9.17) is 18.9 Å². The van der Waals surface area contributed by atoms with Crippen LogP contribution in [0, 0.1) is 11.7 Å². The minimum atomic E-state index is -1.23. The van der Waals surface area contributed by atoms with Gasteiger partial charge in [0.2, 0.25) is 23.6 Å². The largest absolute Gasteiger partial charge is 0.496 e. The number of fused-ring (bicyclic) bond motifs is 2. The summed E-state index contributed by atoms with van der Waals surface area (Å²) in [6.45, 7) is 6.39. The van der Waals surface area contributed by atoms with E-state index in [9.17, 15) is 28.7 Å². The number of anilines is 1. The van der Waals surface area contributed by atoms with Crippen LogP contribution >= 0.6 is 0 Å². The van der Waals surface area contributed by atoms with Crippen molar-refractivity contribution in [2.45, 2.75) is 31.2 Å². The lowest BCUT2D eigenvalue weighted by Crippen LogP contribution is -2.55. The van der Waals surface area contributed by atoms with Crippen LogP contribution in [0.5, 0.6) is 5.75 Å². The molecule has 4 atom stereocenters. The van der Waals surface area contributed by atoms with E-state index in [1.807, 2.05) is 30.3 Å². The van der Waals surface area contributed by atoms with Crippen LogP contribution in [0.15, 0.2) is 72.5 Å². The number of H-pyrrole nitrogens is 1. The number of rotatable bonds is 20. The number of carbonyl (C=O) groups is 4. The Bertz CT molecular complexity index is 2400. The zero-order valence-corrected chi connectivity index (χ0v) is 36.0. The summed E-state index contributed by atoms with van der Waals surface area (Å²) in [6.07, 6.45) is 5.97. The average Bonchev–Trinajstić information content (AvgIpc) is 3.85. The Morgan fingerprint density at radius 3 is 2.43 bits per heavy atom. The number of piperazine rings is 1. The molecule has 3 fully saturated rings. The summed E-state index contributed by atoms with van der Waals surface area (Å²) in [6, 6.07) is 11.4. The van der Waals surface area contributed by atoms with Gasteiger partial charge in [0.15, 0.2) is 12.1 Å². The van der Waals surface area contributed by atoms with Gasteiger partial charge in [0, 0.05) is 63.0 Å². The quantitative estimate of drug-likeness (QED) is 0.0620. The molecule has 0 radical (unpaired) electrons. The summed E-state index contributed by atoms with van der Waals surface area (Å²) in [5.41, 5.74) is 4.46. The fourth-order valence-electron chi connectivity index (χ4n) is 8.53. The number of aromatic amines is 1.